The number of nitrogens with one attached hydrogen (secondary N) is 1. The summed E-state index contributed by atoms with van der Waals surface area (Å²) < 4.78 is 0. The van der Waals surface area contributed by atoms with E-state index in [0.29, 0.717) is 18.7 Å². The molecule has 0 spiro atoms. The SMILES string of the molecule is O=C1CCc2cc(/C=C/C(=O)N3CCCC3)cnc2N1. The minimum atomic E-state index is 0.0116. The van der Waals surface area contributed by atoms with Gasteiger partial charge in [0, 0.05) is 31.8 Å². The molecular formula is C15H17N3O2. The standard InChI is InChI=1S/C15H17N3O2/c19-13-5-4-12-9-11(10-16-15(12)17-13)3-6-14(20)18-7-1-2-8-18/h3,6,9-10H,1-2,4-5,7-8H2,(H,16,17,19)/b6-3+. The molecule has 0 bridgehead atoms. The molecule has 1 aromatic heterocycles. The fourth-order valence-electron chi connectivity index (χ4n) is 2.58. The van der Waals surface area contributed by atoms with Crippen LogP contribution in [0.3, 0.4) is 0 Å². The number of aryl methyl sites for hydroxylation is 1. The van der Waals surface area contributed by atoms with E-state index in [0.717, 1.165) is 37.1 Å². The second kappa shape index (κ2) is 5.45. The van der Waals surface area contributed by atoms with E-state index in [2.05, 4.69) is 10.3 Å². The highest BCUT2D eigenvalue weighted by molar-refractivity contribution is 5.93. The van der Waals surface area contributed by atoms with Crippen LogP contribution in [0.4, 0.5) is 5.82 Å². The van der Waals surface area contributed by atoms with Gasteiger partial charge in [0.15, 0.2) is 0 Å². The predicted molar refractivity (Wildman–Crippen MR) is 76.0 cm³/mol. The van der Waals surface area contributed by atoms with Crippen LogP contribution in [0.15, 0.2) is 18.3 Å². The van der Waals surface area contributed by atoms with Crippen LogP contribution in [-0.2, 0) is 16.0 Å². The molecule has 2 aliphatic heterocycles. The number of rotatable bonds is 2. The first-order valence-electron chi connectivity index (χ1n) is 6.98. The molecule has 0 saturated carbocycles. The highest BCUT2D eigenvalue weighted by Crippen LogP contribution is 2.21. The van der Waals surface area contributed by atoms with Crippen molar-refractivity contribution in [3.8, 4) is 0 Å². The van der Waals surface area contributed by atoms with Crippen molar-refractivity contribution >= 4 is 23.7 Å². The van der Waals surface area contributed by atoms with Crippen molar-refractivity contribution in [3.05, 3.63) is 29.5 Å². The van der Waals surface area contributed by atoms with E-state index in [1.54, 1.807) is 18.3 Å². The first kappa shape index (κ1) is 12.8. The van der Waals surface area contributed by atoms with Gasteiger partial charge in [-0.05, 0) is 42.5 Å². The minimum absolute atomic E-state index is 0.0116. The summed E-state index contributed by atoms with van der Waals surface area (Å²) in [7, 11) is 0. The summed E-state index contributed by atoms with van der Waals surface area (Å²) in [5.41, 5.74) is 1.92. The largest absolute Gasteiger partial charge is 0.339 e. The normalized spacial score (nSPS) is 18.2. The van der Waals surface area contributed by atoms with Gasteiger partial charge in [-0.3, -0.25) is 9.59 Å². The summed E-state index contributed by atoms with van der Waals surface area (Å²) in [5, 5.41) is 2.75. The van der Waals surface area contributed by atoms with Crippen LogP contribution in [0.25, 0.3) is 6.08 Å². The van der Waals surface area contributed by atoms with E-state index in [1.807, 2.05) is 11.0 Å². The van der Waals surface area contributed by atoms with Crippen molar-refractivity contribution in [3.63, 3.8) is 0 Å². The fraction of sp³-hybridized carbons (Fsp3) is 0.400. The van der Waals surface area contributed by atoms with Crippen molar-refractivity contribution < 1.29 is 9.59 Å². The number of nitrogens with zero attached hydrogens (tertiary/aromatic N) is 2. The van der Waals surface area contributed by atoms with Crippen LogP contribution in [0.5, 0.6) is 0 Å². The van der Waals surface area contributed by atoms with Gasteiger partial charge in [-0.25, -0.2) is 4.98 Å². The molecule has 0 atom stereocenters. The number of likely N-dealkylation sites (tertiary alicyclic amines) is 1. The molecule has 3 heterocycles. The van der Waals surface area contributed by atoms with Crippen LogP contribution in [0.1, 0.15) is 30.4 Å². The average molecular weight is 271 g/mol. The highest BCUT2D eigenvalue weighted by Gasteiger charge is 2.17. The van der Waals surface area contributed by atoms with Gasteiger partial charge >= 0.3 is 0 Å². The van der Waals surface area contributed by atoms with Crippen LogP contribution in [0.2, 0.25) is 0 Å². The Balaban J connectivity index is 1.71. The zero-order chi connectivity index (χ0) is 13.9. The Hall–Kier alpha value is -2.17. The molecule has 5 heteroatoms. The molecule has 5 nitrogen and oxygen atoms in total. The minimum Gasteiger partial charge on any atom is -0.339 e. The van der Waals surface area contributed by atoms with Crippen molar-refractivity contribution in [2.75, 3.05) is 18.4 Å². The average Bonchev–Trinajstić information content (AvgIpc) is 2.99. The fourth-order valence-corrected chi connectivity index (χ4v) is 2.58. The molecule has 2 amide bonds. The Labute approximate surface area is 117 Å². The number of fused-ring (bicyclic) bond motifs is 1. The van der Waals surface area contributed by atoms with Gasteiger partial charge in [0.25, 0.3) is 0 Å². The lowest BCUT2D eigenvalue weighted by Gasteiger charge is -2.15. The van der Waals surface area contributed by atoms with Gasteiger partial charge in [-0.2, -0.15) is 0 Å². The molecule has 0 radical (unpaired) electrons. The zero-order valence-electron chi connectivity index (χ0n) is 11.3. The van der Waals surface area contributed by atoms with Gasteiger partial charge in [-0.1, -0.05) is 0 Å². The molecule has 1 fully saturated rings. The monoisotopic (exact) mass is 271 g/mol. The summed E-state index contributed by atoms with van der Waals surface area (Å²) in [6, 6.07) is 1.98. The third-order valence-electron chi connectivity index (χ3n) is 3.70. The lowest BCUT2D eigenvalue weighted by molar-refractivity contribution is -0.125. The molecular weight excluding hydrogens is 254 g/mol. The summed E-state index contributed by atoms with van der Waals surface area (Å²) in [6.07, 6.45) is 8.47. The molecule has 104 valence electrons. The number of anilines is 1. The second-order valence-corrected chi connectivity index (χ2v) is 5.19. The lowest BCUT2D eigenvalue weighted by Crippen LogP contribution is -2.25. The predicted octanol–water partition coefficient (Wildman–Crippen LogP) is 1.60. The Morgan fingerprint density at radius 3 is 2.90 bits per heavy atom. The Bertz CT molecular complexity index is 574. The Morgan fingerprint density at radius 2 is 2.10 bits per heavy atom. The summed E-state index contributed by atoms with van der Waals surface area (Å²) >= 11 is 0. The number of hydrogen-bond acceptors (Lipinski definition) is 3. The first-order valence-corrected chi connectivity index (χ1v) is 6.98. The van der Waals surface area contributed by atoms with Crippen LogP contribution >= 0.6 is 0 Å². The van der Waals surface area contributed by atoms with Crippen LogP contribution in [0, 0.1) is 0 Å². The number of carbonyl (C=O) groups excluding carboxylic acids is 2. The number of aromatic nitrogens is 1. The topological polar surface area (TPSA) is 62.3 Å². The molecule has 1 N–H and O–H groups in total. The molecule has 0 aliphatic carbocycles. The molecule has 1 saturated heterocycles. The van der Waals surface area contributed by atoms with Gasteiger partial charge in [-0.15, -0.1) is 0 Å². The van der Waals surface area contributed by atoms with E-state index in [9.17, 15) is 9.59 Å². The van der Waals surface area contributed by atoms with Gasteiger partial charge < -0.3 is 10.2 Å². The molecule has 0 aromatic carbocycles. The van der Waals surface area contributed by atoms with E-state index in [4.69, 9.17) is 0 Å². The van der Waals surface area contributed by atoms with Crippen molar-refractivity contribution in [1.29, 1.82) is 0 Å². The number of pyridine rings is 1. The number of hydrogen-bond donors (Lipinski definition) is 1. The maximum absolute atomic E-state index is 11.9. The maximum Gasteiger partial charge on any atom is 0.246 e. The van der Waals surface area contributed by atoms with Gasteiger partial charge in [0.2, 0.25) is 11.8 Å². The maximum atomic E-state index is 11.9. The van der Waals surface area contributed by atoms with Crippen molar-refractivity contribution in [1.82, 2.24) is 9.88 Å². The number of carbonyl (C=O) groups is 2. The summed E-state index contributed by atoms with van der Waals surface area (Å²) in [4.78, 5) is 29.3. The van der Waals surface area contributed by atoms with E-state index < -0.39 is 0 Å². The van der Waals surface area contributed by atoms with Crippen LogP contribution < -0.4 is 5.32 Å². The van der Waals surface area contributed by atoms with E-state index in [1.165, 1.54) is 0 Å². The number of amides is 2. The third-order valence-corrected chi connectivity index (χ3v) is 3.70. The summed E-state index contributed by atoms with van der Waals surface area (Å²) in [6.45, 7) is 1.72. The van der Waals surface area contributed by atoms with Gasteiger partial charge in [0.05, 0.1) is 0 Å². The molecule has 2 aliphatic rings. The Morgan fingerprint density at radius 1 is 1.30 bits per heavy atom. The third kappa shape index (κ3) is 2.71. The quantitative estimate of drug-likeness (QED) is 0.831. The zero-order valence-corrected chi connectivity index (χ0v) is 11.3. The molecule has 3 rings (SSSR count). The van der Waals surface area contributed by atoms with E-state index in [-0.39, 0.29) is 11.8 Å². The van der Waals surface area contributed by atoms with Crippen molar-refractivity contribution in [2.45, 2.75) is 25.7 Å². The van der Waals surface area contributed by atoms with E-state index >= 15 is 0 Å². The highest BCUT2D eigenvalue weighted by atomic mass is 16.2. The lowest BCUT2D eigenvalue weighted by atomic mass is 10.0. The molecule has 0 unspecified atom stereocenters. The first-order chi connectivity index (χ1) is 9.72. The summed E-state index contributed by atoms with van der Waals surface area (Å²) in [5.74, 6) is 0.718. The smallest absolute Gasteiger partial charge is 0.246 e. The molecule has 20 heavy (non-hydrogen) atoms. The second-order valence-electron chi connectivity index (χ2n) is 5.19. The Kier molecular flexibility index (Phi) is 3.50. The van der Waals surface area contributed by atoms with Crippen molar-refractivity contribution in [2.24, 2.45) is 0 Å². The molecule has 1 aromatic rings. The van der Waals surface area contributed by atoms with Crippen LogP contribution in [-0.4, -0.2) is 34.8 Å². The van der Waals surface area contributed by atoms with Gasteiger partial charge in [0.1, 0.15) is 5.82 Å².